The molecule has 1 aliphatic rings. The van der Waals surface area contributed by atoms with Crippen molar-refractivity contribution in [3.8, 4) is 0 Å². The van der Waals surface area contributed by atoms with Gasteiger partial charge in [-0.3, -0.25) is 4.79 Å². The number of carbonyl (C=O) groups is 1. The molecule has 1 saturated heterocycles. The van der Waals surface area contributed by atoms with E-state index in [2.05, 4.69) is 29.1 Å². The van der Waals surface area contributed by atoms with Gasteiger partial charge in [0.05, 0.1) is 35.2 Å². The largest absolute Gasteiger partial charge is 0.379 e. The van der Waals surface area contributed by atoms with Gasteiger partial charge in [0, 0.05) is 18.7 Å². The zero-order valence-corrected chi connectivity index (χ0v) is 20.0. The van der Waals surface area contributed by atoms with Gasteiger partial charge in [-0.25, -0.2) is 13.4 Å². The summed E-state index contributed by atoms with van der Waals surface area (Å²) in [6, 6.07) is 12.2. The fourth-order valence-corrected chi connectivity index (χ4v) is 5.66. The number of para-hydroxylation sites is 2. The van der Waals surface area contributed by atoms with Crippen LogP contribution in [0.5, 0.6) is 0 Å². The lowest BCUT2D eigenvalue weighted by Gasteiger charge is -2.27. The van der Waals surface area contributed by atoms with Gasteiger partial charge in [-0.1, -0.05) is 38.5 Å². The van der Waals surface area contributed by atoms with Crippen LogP contribution in [-0.2, 0) is 14.8 Å². The fourth-order valence-electron chi connectivity index (χ4n) is 4.01. The minimum absolute atomic E-state index is 0.122. The van der Waals surface area contributed by atoms with Crippen LogP contribution in [0.2, 0.25) is 0 Å². The standard InChI is InChI=1S/C24H30N4O4S/c1-4-16(2)22(23-25-19-7-5-6-8-20(19)26-23)27-24(29)18-10-9-17(3)21(15-18)33(30,31)28-11-13-32-14-12-28/h5-10,15-16,22H,4,11-14H2,1-3H3,(H,25,26)(H,27,29). The summed E-state index contributed by atoms with van der Waals surface area (Å²) in [5.74, 6) is 0.475. The second kappa shape index (κ2) is 9.62. The number of morpholine rings is 1. The number of aromatic nitrogens is 2. The highest BCUT2D eigenvalue weighted by Crippen LogP contribution is 2.26. The van der Waals surface area contributed by atoms with E-state index in [1.54, 1.807) is 19.1 Å². The Kier molecular flexibility index (Phi) is 6.83. The summed E-state index contributed by atoms with van der Waals surface area (Å²) in [7, 11) is -3.71. The normalized spacial score (nSPS) is 17.1. The zero-order chi connectivity index (χ0) is 23.6. The molecule has 33 heavy (non-hydrogen) atoms. The molecule has 9 heteroatoms. The smallest absolute Gasteiger partial charge is 0.251 e. The van der Waals surface area contributed by atoms with E-state index < -0.39 is 10.0 Å². The molecule has 1 fully saturated rings. The van der Waals surface area contributed by atoms with Gasteiger partial charge < -0.3 is 15.0 Å². The number of amides is 1. The van der Waals surface area contributed by atoms with Crippen molar-refractivity contribution in [3.63, 3.8) is 0 Å². The molecule has 2 unspecified atom stereocenters. The van der Waals surface area contributed by atoms with Crippen LogP contribution in [0.1, 0.15) is 48.1 Å². The fraction of sp³-hybridized carbons (Fsp3) is 0.417. The lowest BCUT2D eigenvalue weighted by atomic mass is 9.98. The Morgan fingerprint density at radius 3 is 2.64 bits per heavy atom. The number of imidazole rings is 1. The Balaban J connectivity index is 1.63. The van der Waals surface area contributed by atoms with Crippen molar-refractivity contribution in [2.75, 3.05) is 26.3 Å². The van der Waals surface area contributed by atoms with E-state index in [-0.39, 0.29) is 22.8 Å². The predicted octanol–water partition coefficient (Wildman–Crippen LogP) is 3.41. The second-order valence-corrected chi connectivity index (χ2v) is 10.4. The number of aromatic amines is 1. The number of sulfonamides is 1. The molecule has 4 rings (SSSR count). The van der Waals surface area contributed by atoms with Crippen LogP contribution >= 0.6 is 0 Å². The number of nitrogens with one attached hydrogen (secondary N) is 2. The van der Waals surface area contributed by atoms with Gasteiger partial charge in [-0.15, -0.1) is 0 Å². The molecule has 2 N–H and O–H groups in total. The molecule has 2 aromatic carbocycles. The molecular weight excluding hydrogens is 440 g/mol. The molecule has 2 heterocycles. The highest BCUT2D eigenvalue weighted by atomic mass is 32.2. The van der Waals surface area contributed by atoms with E-state index in [9.17, 15) is 13.2 Å². The molecule has 1 amide bonds. The maximum Gasteiger partial charge on any atom is 0.251 e. The predicted molar refractivity (Wildman–Crippen MR) is 127 cm³/mol. The Hall–Kier alpha value is -2.75. The highest BCUT2D eigenvalue weighted by Gasteiger charge is 2.29. The van der Waals surface area contributed by atoms with Crippen LogP contribution in [0, 0.1) is 12.8 Å². The van der Waals surface area contributed by atoms with E-state index in [1.165, 1.54) is 10.4 Å². The third-order valence-corrected chi connectivity index (χ3v) is 8.28. The number of fused-ring (bicyclic) bond motifs is 1. The molecular formula is C24H30N4O4S. The summed E-state index contributed by atoms with van der Waals surface area (Å²) in [5, 5.41) is 3.08. The van der Waals surface area contributed by atoms with Crippen molar-refractivity contribution >= 4 is 27.0 Å². The van der Waals surface area contributed by atoms with E-state index in [0.29, 0.717) is 43.3 Å². The van der Waals surface area contributed by atoms with Gasteiger partial charge in [0.15, 0.2) is 0 Å². The summed E-state index contributed by atoms with van der Waals surface area (Å²) in [4.78, 5) is 21.4. The number of H-pyrrole nitrogens is 1. The quantitative estimate of drug-likeness (QED) is 0.551. The van der Waals surface area contributed by atoms with Crippen molar-refractivity contribution in [1.29, 1.82) is 0 Å². The molecule has 3 aromatic rings. The van der Waals surface area contributed by atoms with Gasteiger partial charge in [0.1, 0.15) is 5.82 Å². The molecule has 1 aromatic heterocycles. The SMILES string of the molecule is CCC(C)C(NC(=O)c1ccc(C)c(S(=O)(=O)N2CCOCC2)c1)c1nc2ccccc2[nH]1. The molecule has 8 nitrogen and oxygen atoms in total. The lowest BCUT2D eigenvalue weighted by Crippen LogP contribution is -2.41. The van der Waals surface area contributed by atoms with Gasteiger partial charge in [-0.05, 0) is 42.7 Å². The van der Waals surface area contributed by atoms with Gasteiger partial charge in [0.2, 0.25) is 10.0 Å². The third-order valence-electron chi connectivity index (χ3n) is 6.24. The number of hydrogen-bond donors (Lipinski definition) is 2. The summed E-state index contributed by atoms with van der Waals surface area (Å²) in [5.41, 5.74) is 2.65. The zero-order valence-electron chi connectivity index (χ0n) is 19.2. The van der Waals surface area contributed by atoms with Gasteiger partial charge in [0.25, 0.3) is 5.91 Å². The molecule has 176 valence electrons. The molecule has 0 aliphatic carbocycles. The average molecular weight is 471 g/mol. The van der Waals surface area contributed by atoms with Crippen molar-refractivity contribution in [1.82, 2.24) is 19.6 Å². The lowest BCUT2D eigenvalue weighted by molar-refractivity contribution is 0.0730. The Bertz CT molecular complexity index is 1220. The number of aryl methyl sites for hydroxylation is 1. The van der Waals surface area contributed by atoms with Crippen LogP contribution in [0.25, 0.3) is 11.0 Å². The summed E-state index contributed by atoms with van der Waals surface area (Å²) >= 11 is 0. The van der Waals surface area contributed by atoms with Crippen LogP contribution in [-0.4, -0.2) is 54.9 Å². The first-order chi connectivity index (χ1) is 15.8. The summed E-state index contributed by atoms with van der Waals surface area (Å²) in [6.45, 7) is 7.21. The van der Waals surface area contributed by atoms with Crippen LogP contribution in [0.4, 0.5) is 0 Å². The number of rotatable bonds is 7. The van der Waals surface area contributed by atoms with Crippen molar-refractivity contribution < 1.29 is 17.9 Å². The molecule has 0 saturated carbocycles. The maximum atomic E-state index is 13.2. The summed E-state index contributed by atoms with van der Waals surface area (Å²) in [6.07, 6.45) is 0.840. The van der Waals surface area contributed by atoms with Crippen LogP contribution in [0.3, 0.4) is 0 Å². The van der Waals surface area contributed by atoms with Gasteiger partial charge >= 0.3 is 0 Å². The number of hydrogen-bond acceptors (Lipinski definition) is 5. The number of nitrogens with zero attached hydrogens (tertiary/aromatic N) is 2. The molecule has 0 radical (unpaired) electrons. The number of ether oxygens (including phenoxy) is 1. The Labute approximate surface area is 194 Å². The Morgan fingerprint density at radius 2 is 1.94 bits per heavy atom. The van der Waals surface area contributed by atoms with Gasteiger partial charge in [-0.2, -0.15) is 4.31 Å². The first kappa shape index (κ1) is 23.4. The maximum absolute atomic E-state index is 13.2. The van der Waals surface area contributed by atoms with E-state index in [0.717, 1.165) is 17.5 Å². The van der Waals surface area contributed by atoms with Crippen LogP contribution < -0.4 is 5.32 Å². The molecule has 0 bridgehead atoms. The topological polar surface area (TPSA) is 104 Å². The van der Waals surface area contributed by atoms with E-state index in [1.807, 2.05) is 24.3 Å². The minimum atomic E-state index is -3.71. The molecule has 2 atom stereocenters. The second-order valence-electron chi connectivity index (χ2n) is 8.47. The van der Waals surface area contributed by atoms with E-state index in [4.69, 9.17) is 4.74 Å². The Morgan fingerprint density at radius 1 is 1.21 bits per heavy atom. The molecule has 0 spiro atoms. The number of benzene rings is 2. The van der Waals surface area contributed by atoms with E-state index >= 15 is 0 Å². The first-order valence-electron chi connectivity index (χ1n) is 11.2. The number of carbonyl (C=O) groups excluding carboxylic acids is 1. The average Bonchev–Trinajstić information content (AvgIpc) is 3.26. The third kappa shape index (κ3) is 4.80. The summed E-state index contributed by atoms with van der Waals surface area (Å²) < 4.78 is 33.1. The van der Waals surface area contributed by atoms with Crippen molar-refractivity contribution in [3.05, 3.63) is 59.4 Å². The van der Waals surface area contributed by atoms with Crippen LogP contribution in [0.15, 0.2) is 47.4 Å². The molecule has 1 aliphatic heterocycles. The first-order valence-corrected chi connectivity index (χ1v) is 12.7. The highest BCUT2D eigenvalue weighted by molar-refractivity contribution is 7.89. The monoisotopic (exact) mass is 470 g/mol. The van der Waals surface area contributed by atoms with Crippen molar-refractivity contribution in [2.24, 2.45) is 5.92 Å². The minimum Gasteiger partial charge on any atom is -0.379 e. The van der Waals surface area contributed by atoms with Crippen molar-refractivity contribution in [2.45, 2.75) is 38.1 Å².